The van der Waals surface area contributed by atoms with Crippen LogP contribution in [0, 0.1) is 24.7 Å². The lowest BCUT2D eigenvalue weighted by Gasteiger charge is -2.26. The van der Waals surface area contributed by atoms with Gasteiger partial charge in [-0.1, -0.05) is 38.1 Å². The molecule has 0 fully saturated rings. The molecule has 0 bridgehead atoms. The predicted molar refractivity (Wildman–Crippen MR) is 155 cm³/mol. The standard InChI is InChI=1S/C33H40O8/c1-5-7-9-11-31(36)40-23-27(34)21-38-29-17-13-25(14-18-29)33(3,4)26-15-19-30(20-16-26)39-22-28(35)24-41-32(37)12-10-8-6-2/h1-2,13-20,27-28,34-35H,7-12,21-24H2,3-4H3. The van der Waals surface area contributed by atoms with Gasteiger partial charge < -0.3 is 29.2 Å². The molecule has 0 heterocycles. The van der Waals surface area contributed by atoms with Gasteiger partial charge in [0.25, 0.3) is 0 Å². The number of unbranched alkanes of at least 4 members (excludes halogenated alkanes) is 2. The number of benzene rings is 2. The van der Waals surface area contributed by atoms with Crippen LogP contribution in [0.25, 0.3) is 0 Å². The quantitative estimate of drug-likeness (QED) is 0.158. The van der Waals surface area contributed by atoms with Crippen molar-refractivity contribution >= 4 is 11.9 Å². The Kier molecular flexibility index (Phi) is 14.3. The fourth-order valence-electron chi connectivity index (χ4n) is 3.78. The third kappa shape index (κ3) is 12.4. The smallest absolute Gasteiger partial charge is 0.305 e. The summed E-state index contributed by atoms with van der Waals surface area (Å²) in [6.07, 6.45) is 11.0. The molecule has 0 radical (unpaired) electrons. The summed E-state index contributed by atoms with van der Waals surface area (Å²) in [5.41, 5.74) is 1.79. The van der Waals surface area contributed by atoms with Crippen molar-refractivity contribution in [3.8, 4) is 36.2 Å². The summed E-state index contributed by atoms with van der Waals surface area (Å²) in [5.74, 6) is 5.32. The number of aliphatic hydroxyl groups is 2. The summed E-state index contributed by atoms with van der Waals surface area (Å²) in [6.45, 7) is 3.90. The first-order valence-corrected chi connectivity index (χ1v) is 13.7. The second-order valence-electron chi connectivity index (χ2n) is 10.1. The van der Waals surface area contributed by atoms with Crippen LogP contribution in [0.4, 0.5) is 0 Å². The summed E-state index contributed by atoms with van der Waals surface area (Å²) in [6, 6.07) is 15.2. The molecule has 0 aromatic heterocycles. The van der Waals surface area contributed by atoms with Gasteiger partial charge in [-0.05, 0) is 48.2 Å². The number of esters is 2. The zero-order valence-electron chi connectivity index (χ0n) is 23.8. The summed E-state index contributed by atoms with van der Waals surface area (Å²) >= 11 is 0. The lowest BCUT2D eigenvalue weighted by Crippen LogP contribution is -2.25. The maximum Gasteiger partial charge on any atom is 0.305 e. The molecule has 41 heavy (non-hydrogen) atoms. The molecular weight excluding hydrogens is 524 g/mol. The van der Waals surface area contributed by atoms with Crippen LogP contribution in [0.1, 0.15) is 63.5 Å². The third-order valence-electron chi connectivity index (χ3n) is 6.31. The highest BCUT2D eigenvalue weighted by Gasteiger charge is 2.23. The van der Waals surface area contributed by atoms with Gasteiger partial charge in [0.15, 0.2) is 0 Å². The van der Waals surface area contributed by atoms with E-state index in [-0.39, 0.29) is 44.7 Å². The van der Waals surface area contributed by atoms with Crippen molar-refractivity contribution in [1.82, 2.24) is 0 Å². The summed E-state index contributed by atoms with van der Waals surface area (Å²) < 4.78 is 21.4. The average molecular weight is 565 g/mol. The van der Waals surface area contributed by atoms with Crippen LogP contribution < -0.4 is 9.47 Å². The Labute approximate surface area is 243 Å². The van der Waals surface area contributed by atoms with E-state index in [1.165, 1.54) is 0 Å². The Morgan fingerprint density at radius 1 is 0.707 bits per heavy atom. The second kappa shape index (κ2) is 17.7. The Balaban J connectivity index is 1.79. The fraction of sp³-hybridized carbons (Fsp3) is 0.455. The van der Waals surface area contributed by atoms with Gasteiger partial charge in [0.2, 0.25) is 0 Å². The van der Waals surface area contributed by atoms with Crippen molar-refractivity contribution in [2.75, 3.05) is 26.4 Å². The minimum atomic E-state index is -0.941. The van der Waals surface area contributed by atoms with Crippen LogP contribution in [0.15, 0.2) is 48.5 Å². The molecule has 0 saturated carbocycles. The number of aliphatic hydroxyl groups excluding tert-OH is 2. The van der Waals surface area contributed by atoms with Crippen LogP contribution in [0.3, 0.4) is 0 Å². The number of carbonyl (C=O) groups is 2. The number of hydrogen-bond acceptors (Lipinski definition) is 8. The molecule has 2 rings (SSSR count). The van der Waals surface area contributed by atoms with E-state index < -0.39 is 24.1 Å². The maximum atomic E-state index is 11.6. The minimum Gasteiger partial charge on any atom is -0.491 e. The molecule has 0 aliphatic carbocycles. The van der Waals surface area contributed by atoms with E-state index in [1.807, 2.05) is 48.5 Å². The van der Waals surface area contributed by atoms with Crippen molar-refractivity contribution in [2.24, 2.45) is 0 Å². The molecule has 220 valence electrons. The van der Waals surface area contributed by atoms with Crippen molar-refractivity contribution in [2.45, 2.75) is 70.0 Å². The highest BCUT2D eigenvalue weighted by Crippen LogP contribution is 2.33. The van der Waals surface area contributed by atoms with E-state index >= 15 is 0 Å². The lowest BCUT2D eigenvalue weighted by molar-refractivity contribution is -0.148. The average Bonchev–Trinajstić information content (AvgIpc) is 2.97. The molecule has 0 aliphatic heterocycles. The molecule has 2 aromatic rings. The number of rotatable bonds is 18. The first-order valence-electron chi connectivity index (χ1n) is 13.7. The van der Waals surface area contributed by atoms with E-state index in [0.29, 0.717) is 37.2 Å². The van der Waals surface area contributed by atoms with Gasteiger partial charge in [-0.25, -0.2) is 0 Å². The van der Waals surface area contributed by atoms with Crippen LogP contribution in [0.5, 0.6) is 11.5 Å². The summed E-state index contributed by atoms with van der Waals surface area (Å²) in [7, 11) is 0. The topological polar surface area (TPSA) is 112 Å². The number of ether oxygens (including phenoxy) is 4. The Bertz CT molecular complexity index is 1060. The largest absolute Gasteiger partial charge is 0.491 e. The Morgan fingerprint density at radius 2 is 1.07 bits per heavy atom. The molecule has 2 unspecified atom stereocenters. The van der Waals surface area contributed by atoms with E-state index in [0.717, 1.165) is 11.1 Å². The van der Waals surface area contributed by atoms with Crippen molar-refractivity contribution < 1.29 is 38.7 Å². The fourth-order valence-corrected chi connectivity index (χ4v) is 3.78. The Morgan fingerprint density at radius 3 is 1.41 bits per heavy atom. The molecule has 8 nitrogen and oxygen atoms in total. The maximum absolute atomic E-state index is 11.6. The number of terminal acetylenes is 2. The van der Waals surface area contributed by atoms with E-state index in [2.05, 4.69) is 25.7 Å². The molecule has 8 heteroatoms. The zero-order valence-corrected chi connectivity index (χ0v) is 23.8. The molecule has 2 aromatic carbocycles. The molecule has 0 spiro atoms. The molecule has 0 saturated heterocycles. The predicted octanol–water partition coefficient (Wildman–Crippen LogP) is 4.19. The van der Waals surface area contributed by atoms with Crippen LogP contribution in [-0.2, 0) is 24.5 Å². The minimum absolute atomic E-state index is 0.00846. The van der Waals surface area contributed by atoms with Crippen molar-refractivity contribution in [3.63, 3.8) is 0 Å². The van der Waals surface area contributed by atoms with Gasteiger partial charge >= 0.3 is 11.9 Å². The van der Waals surface area contributed by atoms with Crippen molar-refractivity contribution in [3.05, 3.63) is 59.7 Å². The molecule has 0 amide bonds. The first kappa shape index (κ1) is 33.2. The van der Waals surface area contributed by atoms with Gasteiger partial charge in [-0.3, -0.25) is 9.59 Å². The van der Waals surface area contributed by atoms with Crippen LogP contribution in [-0.4, -0.2) is 60.8 Å². The Hall–Kier alpha value is -3.98. The first-order chi connectivity index (χ1) is 19.6. The highest BCUT2D eigenvalue weighted by atomic mass is 16.6. The number of carbonyl (C=O) groups excluding carboxylic acids is 2. The van der Waals surface area contributed by atoms with Crippen molar-refractivity contribution in [1.29, 1.82) is 0 Å². The normalized spacial score (nSPS) is 12.3. The summed E-state index contributed by atoms with van der Waals surface area (Å²) in [5, 5.41) is 20.1. The van der Waals surface area contributed by atoms with Gasteiger partial charge in [0.1, 0.15) is 50.1 Å². The monoisotopic (exact) mass is 564 g/mol. The molecular formula is C33H40O8. The SMILES string of the molecule is C#CCCCC(=O)OCC(O)COc1ccc(C(C)(C)c2ccc(OCC(O)COC(=O)CCCC#C)cc2)cc1. The highest BCUT2D eigenvalue weighted by molar-refractivity contribution is 5.69. The molecule has 0 aliphatic rings. The second-order valence-corrected chi connectivity index (χ2v) is 10.1. The van der Waals surface area contributed by atoms with Gasteiger partial charge in [-0.15, -0.1) is 24.7 Å². The van der Waals surface area contributed by atoms with Gasteiger partial charge in [-0.2, -0.15) is 0 Å². The van der Waals surface area contributed by atoms with Gasteiger partial charge in [0, 0.05) is 31.1 Å². The number of hydrogen-bond donors (Lipinski definition) is 2. The van der Waals surface area contributed by atoms with E-state index in [1.54, 1.807) is 0 Å². The molecule has 2 atom stereocenters. The van der Waals surface area contributed by atoms with E-state index in [9.17, 15) is 19.8 Å². The van der Waals surface area contributed by atoms with Crippen LogP contribution in [0.2, 0.25) is 0 Å². The third-order valence-corrected chi connectivity index (χ3v) is 6.31. The van der Waals surface area contributed by atoms with Crippen LogP contribution >= 0.6 is 0 Å². The lowest BCUT2D eigenvalue weighted by atomic mass is 9.78. The van der Waals surface area contributed by atoms with Gasteiger partial charge in [0.05, 0.1) is 0 Å². The zero-order chi connectivity index (χ0) is 30.1. The van der Waals surface area contributed by atoms with E-state index in [4.69, 9.17) is 31.8 Å². The summed E-state index contributed by atoms with van der Waals surface area (Å²) in [4.78, 5) is 23.2. The molecule has 2 N–H and O–H groups in total.